The molecule has 0 unspecified atom stereocenters. The minimum atomic E-state index is -3.58. The lowest BCUT2D eigenvalue weighted by atomic mass is 10.2. The first-order valence-corrected chi connectivity index (χ1v) is 11.9. The first-order chi connectivity index (χ1) is 12.9. The predicted octanol–water partition coefficient (Wildman–Crippen LogP) is 4.42. The van der Waals surface area contributed by atoms with Gasteiger partial charge in [-0.15, -0.1) is 22.7 Å². The quantitative estimate of drug-likeness (QED) is 0.581. The molecule has 3 heterocycles. The van der Waals surface area contributed by atoms with Crippen LogP contribution in [0.25, 0.3) is 10.1 Å². The molecule has 27 heavy (non-hydrogen) atoms. The van der Waals surface area contributed by atoms with Gasteiger partial charge in [0, 0.05) is 36.3 Å². The van der Waals surface area contributed by atoms with E-state index in [1.165, 1.54) is 21.7 Å². The molecule has 1 aromatic carbocycles. The number of carbonyl (C=O) groups excluding carboxylic acids is 1. The summed E-state index contributed by atoms with van der Waals surface area (Å²) in [4.78, 5) is 15.0. The second-order valence-corrected chi connectivity index (χ2v) is 11.3. The van der Waals surface area contributed by atoms with Gasteiger partial charge < -0.3 is 4.90 Å². The smallest absolute Gasteiger partial charge is 0.265 e. The standard InChI is InChI=1S/C17H14Cl2N2O3S3/c18-13-5-6-14(26-13)27(23,24)21-9-7-20(8-10-21)17(22)16-15(19)11-3-1-2-4-12(11)25-16/h1-6H,7-10H2. The van der Waals surface area contributed by atoms with E-state index < -0.39 is 10.0 Å². The van der Waals surface area contributed by atoms with Crippen molar-refractivity contribution < 1.29 is 13.2 Å². The lowest BCUT2D eigenvalue weighted by Gasteiger charge is -2.33. The zero-order valence-electron chi connectivity index (χ0n) is 13.9. The van der Waals surface area contributed by atoms with Crippen LogP contribution in [0.1, 0.15) is 9.67 Å². The minimum absolute atomic E-state index is 0.155. The molecular weight excluding hydrogens is 447 g/mol. The highest BCUT2D eigenvalue weighted by Crippen LogP contribution is 2.36. The summed E-state index contributed by atoms with van der Waals surface area (Å²) >= 11 is 14.7. The van der Waals surface area contributed by atoms with E-state index in [9.17, 15) is 13.2 Å². The summed E-state index contributed by atoms with van der Waals surface area (Å²) in [6.07, 6.45) is 0. The van der Waals surface area contributed by atoms with Crippen molar-refractivity contribution in [2.45, 2.75) is 4.21 Å². The van der Waals surface area contributed by atoms with Gasteiger partial charge >= 0.3 is 0 Å². The van der Waals surface area contributed by atoms with E-state index in [1.807, 2.05) is 24.3 Å². The highest BCUT2D eigenvalue weighted by molar-refractivity contribution is 7.91. The minimum Gasteiger partial charge on any atom is -0.335 e. The largest absolute Gasteiger partial charge is 0.335 e. The molecule has 0 aliphatic carbocycles. The Hall–Kier alpha value is -1.16. The molecule has 142 valence electrons. The van der Waals surface area contributed by atoms with Gasteiger partial charge in [-0.25, -0.2) is 8.42 Å². The number of nitrogens with zero attached hydrogens (tertiary/aromatic N) is 2. The molecule has 1 aliphatic heterocycles. The summed E-state index contributed by atoms with van der Waals surface area (Å²) in [5.41, 5.74) is 0. The van der Waals surface area contributed by atoms with Crippen molar-refractivity contribution in [3.63, 3.8) is 0 Å². The van der Waals surface area contributed by atoms with Crippen LogP contribution in [0, 0.1) is 0 Å². The average Bonchev–Trinajstić information content (AvgIpc) is 3.26. The molecule has 5 nitrogen and oxygen atoms in total. The first-order valence-electron chi connectivity index (χ1n) is 8.10. The SMILES string of the molecule is O=C(c1sc2ccccc2c1Cl)N1CCN(S(=O)(=O)c2ccc(Cl)s2)CC1. The van der Waals surface area contributed by atoms with E-state index in [0.29, 0.717) is 27.3 Å². The lowest BCUT2D eigenvalue weighted by Crippen LogP contribution is -2.50. The number of fused-ring (bicyclic) bond motifs is 1. The van der Waals surface area contributed by atoms with Gasteiger partial charge in [0.15, 0.2) is 0 Å². The first kappa shape index (κ1) is 19.2. The second-order valence-electron chi connectivity index (χ2n) is 6.00. The average molecular weight is 461 g/mol. The van der Waals surface area contributed by atoms with Crippen LogP contribution in [0.5, 0.6) is 0 Å². The Morgan fingerprint density at radius 3 is 2.30 bits per heavy atom. The molecule has 1 aliphatic rings. The Morgan fingerprint density at radius 1 is 0.963 bits per heavy atom. The maximum atomic E-state index is 12.9. The van der Waals surface area contributed by atoms with Gasteiger partial charge in [0.2, 0.25) is 0 Å². The Kier molecular flexibility index (Phi) is 5.22. The maximum absolute atomic E-state index is 12.9. The molecule has 1 fully saturated rings. The third-order valence-electron chi connectivity index (χ3n) is 4.40. The van der Waals surface area contributed by atoms with Crippen molar-refractivity contribution >= 4 is 71.9 Å². The van der Waals surface area contributed by atoms with Crippen molar-refractivity contribution in [2.75, 3.05) is 26.2 Å². The van der Waals surface area contributed by atoms with E-state index >= 15 is 0 Å². The van der Waals surface area contributed by atoms with Gasteiger partial charge in [0.05, 0.1) is 9.36 Å². The van der Waals surface area contributed by atoms with Crippen LogP contribution >= 0.6 is 45.9 Å². The Bertz CT molecular complexity index is 1120. The summed E-state index contributed by atoms with van der Waals surface area (Å²) in [7, 11) is -3.58. The highest BCUT2D eigenvalue weighted by atomic mass is 35.5. The summed E-state index contributed by atoms with van der Waals surface area (Å²) < 4.78 is 28.4. The molecule has 4 rings (SSSR count). The monoisotopic (exact) mass is 460 g/mol. The molecule has 0 saturated carbocycles. The van der Waals surface area contributed by atoms with E-state index in [0.717, 1.165) is 21.4 Å². The van der Waals surface area contributed by atoms with Crippen LogP contribution in [-0.4, -0.2) is 49.7 Å². The normalized spacial score (nSPS) is 16.1. The molecule has 0 radical (unpaired) electrons. The van der Waals surface area contributed by atoms with E-state index in [4.69, 9.17) is 23.2 Å². The van der Waals surface area contributed by atoms with Crippen molar-refractivity contribution in [2.24, 2.45) is 0 Å². The number of carbonyl (C=O) groups is 1. The number of hydrogen-bond donors (Lipinski definition) is 0. The molecule has 0 N–H and O–H groups in total. The fourth-order valence-electron chi connectivity index (χ4n) is 2.99. The van der Waals surface area contributed by atoms with Crippen LogP contribution in [0.4, 0.5) is 0 Å². The van der Waals surface area contributed by atoms with Crippen LogP contribution in [0.2, 0.25) is 9.36 Å². The molecule has 2 aromatic heterocycles. The molecule has 0 atom stereocenters. The summed E-state index contributed by atoms with van der Waals surface area (Å²) in [6, 6.07) is 10.7. The zero-order valence-corrected chi connectivity index (χ0v) is 17.9. The third-order valence-corrected chi connectivity index (χ3v) is 9.66. The van der Waals surface area contributed by atoms with Gasteiger partial charge in [-0.1, -0.05) is 41.4 Å². The van der Waals surface area contributed by atoms with Crippen LogP contribution in [0.3, 0.4) is 0 Å². The number of rotatable bonds is 3. The van der Waals surface area contributed by atoms with E-state index in [1.54, 1.807) is 11.0 Å². The van der Waals surface area contributed by atoms with Crippen molar-refractivity contribution in [3.8, 4) is 0 Å². The van der Waals surface area contributed by atoms with Gasteiger partial charge in [-0.2, -0.15) is 4.31 Å². The molecule has 1 amide bonds. The molecular formula is C17H14Cl2N2O3S3. The Balaban J connectivity index is 1.50. The van der Waals surface area contributed by atoms with Crippen LogP contribution in [0.15, 0.2) is 40.6 Å². The number of benzene rings is 1. The predicted molar refractivity (Wildman–Crippen MR) is 111 cm³/mol. The molecule has 1 saturated heterocycles. The number of thiophene rings is 2. The summed E-state index contributed by atoms with van der Waals surface area (Å²) in [6.45, 7) is 1.13. The number of halogens is 2. The summed E-state index contributed by atoms with van der Waals surface area (Å²) in [5.74, 6) is -0.155. The molecule has 3 aromatic rings. The molecule has 0 spiro atoms. The second kappa shape index (κ2) is 7.35. The van der Waals surface area contributed by atoms with Crippen molar-refractivity contribution in [1.82, 2.24) is 9.21 Å². The Labute approximate surface area is 174 Å². The third kappa shape index (κ3) is 3.50. The van der Waals surface area contributed by atoms with E-state index in [2.05, 4.69) is 0 Å². The number of amides is 1. The molecule has 0 bridgehead atoms. The maximum Gasteiger partial charge on any atom is 0.265 e. The van der Waals surface area contributed by atoms with Gasteiger partial charge in [0.25, 0.3) is 15.9 Å². The van der Waals surface area contributed by atoms with Gasteiger partial charge in [-0.05, 0) is 18.2 Å². The van der Waals surface area contributed by atoms with Crippen molar-refractivity contribution in [3.05, 3.63) is 50.6 Å². The fraction of sp³-hybridized carbons (Fsp3) is 0.235. The lowest BCUT2D eigenvalue weighted by molar-refractivity contribution is 0.0703. The van der Waals surface area contributed by atoms with Crippen molar-refractivity contribution in [1.29, 1.82) is 0 Å². The topological polar surface area (TPSA) is 57.7 Å². The Morgan fingerprint density at radius 2 is 1.67 bits per heavy atom. The van der Waals surface area contributed by atoms with Crippen LogP contribution < -0.4 is 0 Å². The van der Waals surface area contributed by atoms with Gasteiger partial charge in [-0.3, -0.25) is 4.79 Å². The molecule has 10 heteroatoms. The number of hydrogen-bond acceptors (Lipinski definition) is 5. The number of piperazine rings is 1. The van der Waals surface area contributed by atoms with E-state index in [-0.39, 0.29) is 23.2 Å². The zero-order chi connectivity index (χ0) is 19.2. The van der Waals surface area contributed by atoms with Crippen LogP contribution in [-0.2, 0) is 10.0 Å². The number of sulfonamides is 1. The van der Waals surface area contributed by atoms with Gasteiger partial charge in [0.1, 0.15) is 9.09 Å². The summed E-state index contributed by atoms with van der Waals surface area (Å²) in [5, 5.41) is 1.33. The highest BCUT2D eigenvalue weighted by Gasteiger charge is 2.32. The fourth-order valence-corrected chi connectivity index (χ4v) is 7.53.